The molecule has 12 heteroatoms. The average Bonchev–Trinajstić information content (AvgIpc) is 3.44. The molecule has 2 heterocycles. The van der Waals surface area contributed by atoms with Gasteiger partial charge < -0.3 is 25.6 Å². The number of aliphatic hydroxyl groups is 1. The lowest BCUT2D eigenvalue weighted by atomic mass is 10.1. The number of esters is 1. The van der Waals surface area contributed by atoms with Gasteiger partial charge in [0.15, 0.2) is 18.4 Å². The maximum atomic E-state index is 13.4. The van der Waals surface area contributed by atoms with Crippen LogP contribution in [0, 0.1) is 0 Å². The molecule has 2 atom stereocenters. The van der Waals surface area contributed by atoms with Crippen molar-refractivity contribution in [2.24, 2.45) is 0 Å². The highest BCUT2D eigenvalue weighted by atomic mass is 16.5. The van der Waals surface area contributed by atoms with Crippen molar-refractivity contribution < 1.29 is 38.7 Å². The Morgan fingerprint density at radius 2 is 1.70 bits per heavy atom. The number of ether oxygens (including phenoxy) is 1. The highest BCUT2D eigenvalue weighted by molar-refractivity contribution is 6.06. The first-order valence-corrected chi connectivity index (χ1v) is 13.8. The third-order valence-corrected chi connectivity index (χ3v) is 6.38. The van der Waals surface area contributed by atoms with E-state index in [1.807, 2.05) is 30.3 Å². The summed E-state index contributed by atoms with van der Waals surface area (Å²) < 4.78 is 8.29. The van der Waals surface area contributed by atoms with E-state index in [9.17, 15) is 29.4 Å². The van der Waals surface area contributed by atoms with Gasteiger partial charge in [-0.3, -0.25) is 9.59 Å². The maximum absolute atomic E-state index is 13.4. The molecule has 0 aliphatic rings. The second-order valence-corrected chi connectivity index (χ2v) is 9.69. The van der Waals surface area contributed by atoms with Gasteiger partial charge in [0.1, 0.15) is 11.4 Å². The van der Waals surface area contributed by atoms with Gasteiger partial charge in [0, 0.05) is 23.4 Å². The van der Waals surface area contributed by atoms with E-state index in [-0.39, 0.29) is 24.4 Å². The summed E-state index contributed by atoms with van der Waals surface area (Å²) in [6.45, 7) is 3.15. The number of hydrogen-bond acceptors (Lipinski definition) is 7. The molecule has 2 aromatic carbocycles. The number of aromatic nitrogens is 3. The molecule has 4 rings (SSSR count). The number of pyridine rings is 1. The number of carbonyl (C=O) groups excluding carboxylic acids is 3. The molecule has 0 bridgehead atoms. The summed E-state index contributed by atoms with van der Waals surface area (Å²) >= 11 is 0. The minimum Gasteiger partial charge on any atom is -0.480 e. The second kappa shape index (κ2) is 14.5. The number of carboxylic acids is 1. The Balaban J connectivity index is 1.83. The van der Waals surface area contributed by atoms with Crippen LogP contribution >= 0.6 is 0 Å². The molecule has 0 aliphatic carbocycles. The van der Waals surface area contributed by atoms with Gasteiger partial charge >= 0.3 is 11.9 Å². The largest absolute Gasteiger partial charge is 0.480 e. The number of amides is 2. The zero-order valence-corrected chi connectivity index (χ0v) is 24.1. The van der Waals surface area contributed by atoms with Crippen LogP contribution in [0.15, 0.2) is 97.1 Å². The smallest absolute Gasteiger partial charge is 0.372 e. The Morgan fingerprint density at radius 1 is 1.02 bits per heavy atom. The quantitative estimate of drug-likeness (QED) is 0.109. The Bertz CT molecular complexity index is 1670. The zero-order valence-electron chi connectivity index (χ0n) is 24.1. The highest BCUT2D eigenvalue weighted by Crippen LogP contribution is 2.25. The summed E-state index contributed by atoms with van der Waals surface area (Å²) in [4.78, 5) is 50.4. The Morgan fingerprint density at radius 3 is 2.34 bits per heavy atom. The van der Waals surface area contributed by atoms with E-state index in [1.165, 1.54) is 13.0 Å². The summed E-state index contributed by atoms with van der Waals surface area (Å²) in [5, 5.41) is 29.1. The monoisotopic (exact) mass is 598 g/mol. The molecule has 2 aromatic heterocycles. The average molecular weight is 599 g/mol. The first-order valence-electron chi connectivity index (χ1n) is 13.8. The van der Waals surface area contributed by atoms with E-state index in [4.69, 9.17) is 9.84 Å². The van der Waals surface area contributed by atoms with E-state index < -0.39 is 35.9 Å². The van der Waals surface area contributed by atoms with Gasteiger partial charge in [-0.05, 0) is 50.3 Å². The predicted molar refractivity (Wildman–Crippen MR) is 159 cm³/mol. The molecular weight excluding hydrogens is 566 g/mol. The number of aliphatic hydroxyl groups excluding tert-OH is 1. The number of nitrogens with one attached hydrogen (secondary N) is 2. The molecule has 4 N–H and O–H groups in total. The van der Waals surface area contributed by atoms with Gasteiger partial charge in [0.05, 0.1) is 24.0 Å². The molecule has 0 saturated carbocycles. The van der Waals surface area contributed by atoms with E-state index >= 15 is 0 Å². The van der Waals surface area contributed by atoms with Gasteiger partial charge in [-0.1, -0.05) is 36.4 Å². The second-order valence-electron chi connectivity index (χ2n) is 9.69. The SMILES string of the molecule is CCOC(=O)C[n+]1cccc(-c2nn(-c3ccccc3)cc2C=C(NC(=O)c2ccccc2)C(=O)NC(C(=O)O)C(C)O)c1. The fourth-order valence-corrected chi connectivity index (χ4v) is 4.25. The van der Waals surface area contributed by atoms with Gasteiger partial charge in [0.25, 0.3) is 11.8 Å². The molecule has 0 fully saturated rings. The van der Waals surface area contributed by atoms with E-state index in [0.717, 1.165) is 0 Å². The lowest BCUT2D eigenvalue weighted by Gasteiger charge is -2.18. The molecule has 4 aromatic rings. The van der Waals surface area contributed by atoms with Crippen molar-refractivity contribution in [1.82, 2.24) is 20.4 Å². The van der Waals surface area contributed by atoms with Crippen LogP contribution in [0.4, 0.5) is 0 Å². The number of rotatable bonds is 12. The number of carbonyl (C=O) groups is 4. The summed E-state index contributed by atoms with van der Waals surface area (Å²) in [5.74, 6) is -3.42. The third kappa shape index (κ3) is 8.01. The van der Waals surface area contributed by atoms with Crippen LogP contribution in [-0.2, 0) is 25.7 Å². The molecule has 0 radical (unpaired) electrons. The van der Waals surface area contributed by atoms with Crippen LogP contribution in [-0.4, -0.2) is 62.5 Å². The van der Waals surface area contributed by atoms with Crippen molar-refractivity contribution in [1.29, 1.82) is 0 Å². The first kappa shape index (κ1) is 31.3. The first-order chi connectivity index (χ1) is 21.2. The Kier molecular flexibility index (Phi) is 10.3. The van der Waals surface area contributed by atoms with Gasteiger partial charge in [0.2, 0.25) is 6.54 Å². The number of hydrogen-bond donors (Lipinski definition) is 4. The van der Waals surface area contributed by atoms with Crippen molar-refractivity contribution in [3.63, 3.8) is 0 Å². The van der Waals surface area contributed by atoms with Crippen molar-refractivity contribution in [3.05, 3.63) is 108 Å². The highest BCUT2D eigenvalue weighted by Gasteiger charge is 2.28. The van der Waals surface area contributed by atoms with Gasteiger partial charge in [-0.25, -0.2) is 14.3 Å². The fourth-order valence-electron chi connectivity index (χ4n) is 4.25. The summed E-state index contributed by atoms with van der Waals surface area (Å²) in [6, 6.07) is 19.2. The molecular formula is C32H32N5O7+. The number of para-hydroxylation sites is 1. The van der Waals surface area contributed by atoms with Crippen LogP contribution in [0.5, 0.6) is 0 Å². The number of benzene rings is 2. The van der Waals surface area contributed by atoms with Crippen molar-refractivity contribution in [2.75, 3.05) is 6.61 Å². The number of aliphatic carboxylic acids is 1. The van der Waals surface area contributed by atoms with Crippen LogP contribution in [0.3, 0.4) is 0 Å². The summed E-state index contributed by atoms with van der Waals surface area (Å²) in [7, 11) is 0. The third-order valence-electron chi connectivity index (χ3n) is 6.38. The normalized spacial score (nSPS) is 12.6. The molecule has 2 amide bonds. The van der Waals surface area contributed by atoms with E-state index in [2.05, 4.69) is 10.6 Å². The fraction of sp³-hybridized carbons (Fsp3) is 0.188. The molecule has 0 spiro atoms. The van der Waals surface area contributed by atoms with Gasteiger partial charge in [-0.2, -0.15) is 9.67 Å². The standard InChI is InChI=1S/C32H31N5O7/c1-3-44-27(39)20-36-16-10-13-23(18-36)29-24(19-37(35-29)25-14-8-5-9-15-25)17-26(31(41)34-28(21(2)38)32(42)43)33-30(40)22-11-6-4-7-12-22/h4-19,21,28,38H,3,20H2,1-2H3,(H2-,33,34,40,41,42,43)/p+1. The Labute approximate surface area is 253 Å². The van der Waals surface area contributed by atoms with Crippen molar-refractivity contribution in [3.8, 4) is 16.9 Å². The van der Waals surface area contributed by atoms with E-state index in [0.29, 0.717) is 22.5 Å². The predicted octanol–water partition coefficient (Wildman–Crippen LogP) is 2.11. The molecule has 226 valence electrons. The van der Waals surface area contributed by atoms with Crippen molar-refractivity contribution >= 4 is 29.8 Å². The minimum absolute atomic E-state index is 0.0387. The molecule has 44 heavy (non-hydrogen) atoms. The lowest BCUT2D eigenvalue weighted by Crippen LogP contribution is -2.49. The van der Waals surface area contributed by atoms with Gasteiger partial charge in [-0.15, -0.1) is 0 Å². The molecule has 12 nitrogen and oxygen atoms in total. The van der Waals surface area contributed by atoms with Crippen molar-refractivity contribution in [2.45, 2.75) is 32.5 Å². The van der Waals surface area contributed by atoms with Crippen LogP contribution in [0.2, 0.25) is 0 Å². The van der Waals surface area contributed by atoms with Crippen LogP contribution < -0.4 is 15.2 Å². The lowest BCUT2D eigenvalue weighted by molar-refractivity contribution is -0.685. The maximum Gasteiger partial charge on any atom is 0.372 e. The zero-order chi connectivity index (χ0) is 31.6. The minimum atomic E-state index is -1.64. The van der Waals surface area contributed by atoms with Crippen LogP contribution in [0.25, 0.3) is 23.0 Å². The Hall–Kier alpha value is -5.62. The molecule has 0 aliphatic heterocycles. The molecule has 0 saturated heterocycles. The van der Waals surface area contributed by atoms with Crippen LogP contribution in [0.1, 0.15) is 29.8 Å². The topological polar surface area (TPSA) is 164 Å². The molecule has 2 unspecified atom stereocenters. The number of nitrogens with zero attached hydrogens (tertiary/aromatic N) is 3. The summed E-state index contributed by atoms with van der Waals surface area (Å²) in [5.41, 5.74) is 2.07. The van der Waals surface area contributed by atoms with E-state index in [1.54, 1.807) is 77.2 Å². The summed E-state index contributed by atoms with van der Waals surface area (Å²) in [6.07, 6.45) is 5.01. The number of carboxylic acid groups (broad SMARTS) is 1.